The maximum atomic E-state index is 13.2. The number of amides is 2. The average Bonchev–Trinajstić information content (AvgIpc) is 3.43. The molecule has 0 bridgehead atoms. The highest BCUT2D eigenvalue weighted by atomic mass is 35.5. The fraction of sp³-hybridized carbons (Fsp3) is 0.370. The quantitative estimate of drug-likeness (QED) is 0.368. The van der Waals surface area contributed by atoms with Gasteiger partial charge in [0.1, 0.15) is 12.2 Å². The zero-order valence-electron chi connectivity index (χ0n) is 21.0. The molecule has 1 aliphatic rings. The average molecular weight is 546 g/mol. The summed E-state index contributed by atoms with van der Waals surface area (Å²) in [5.41, 5.74) is 3.05. The number of aromatic nitrogens is 3. The van der Waals surface area contributed by atoms with Gasteiger partial charge in [-0.05, 0) is 67.6 Å². The van der Waals surface area contributed by atoms with Gasteiger partial charge in [-0.2, -0.15) is 18.3 Å². The first kappa shape index (κ1) is 26.1. The van der Waals surface area contributed by atoms with Crippen molar-refractivity contribution >= 4 is 45.2 Å². The van der Waals surface area contributed by atoms with Gasteiger partial charge in [0.2, 0.25) is 0 Å². The number of carbonyl (C=O) groups is 2. The fourth-order valence-corrected chi connectivity index (χ4v) is 5.35. The molecule has 4 aromatic rings. The van der Waals surface area contributed by atoms with Crippen LogP contribution in [0, 0.1) is 12.8 Å². The van der Waals surface area contributed by atoms with Gasteiger partial charge in [0.25, 0.3) is 11.8 Å². The number of aryl methyl sites for hydroxylation is 2. The van der Waals surface area contributed by atoms with Crippen molar-refractivity contribution in [3.05, 3.63) is 64.4 Å². The summed E-state index contributed by atoms with van der Waals surface area (Å²) in [7, 11) is 1.88. The number of halogens is 4. The minimum atomic E-state index is -4.47. The third-order valence-corrected chi connectivity index (χ3v) is 7.51. The lowest BCUT2D eigenvalue weighted by molar-refractivity contribution is -0.123. The molecular formula is C27H27ClF3N5O2. The number of hydrogen-bond donors (Lipinski definition) is 1. The van der Waals surface area contributed by atoms with E-state index in [-0.39, 0.29) is 11.5 Å². The van der Waals surface area contributed by atoms with Gasteiger partial charge >= 0.3 is 6.18 Å². The molecule has 5 rings (SSSR count). The first-order valence-electron chi connectivity index (χ1n) is 12.4. The normalized spacial score (nSPS) is 14.9. The Morgan fingerprint density at radius 3 is 2.58 bits per heavy atom. The van der Waals surface area contributed by atoms with E-state index in [1.807, 2.05) is 57.0 Å². The molecule has 0 saturated carbocycles. The molecule has 2 aromatic heterocycles. The lowest BCUT2D eigenvalue weighted by atomic mass is 9.96. The molecule has 7 nitrogen and oxygen atoms in total. The Morgan fingerprint density at radius 2 is 1.87 bits per heavy atom. The van der Waals surface area contributed by atoms with E-state index < -0.39 is 18.6 Å². The molecule has 2 amide bonds. The van der Waals surface area contributed by atoms with Gasteiger partial charge in [0.05, 0.1) is 5.52 Å². The maximum Gasteiger partial charge on any atom is 0.405 e. The number of carbonyl (C=O) groups excluding carboxylic acids is 2. The Labute approximate surface area is 222 Å². The molecule has 200 valence electrons. The van der Waals surface area contributed by atoms with Gasteiger partial charge in [-0.1, -0.05) is 11.6 Å². The van der Waals surface area contributed by atoms with Gasteiger partial charge < -0.3 is 14.8 Å². The third kappa shape index (κ3) is 5.22. The monoisotopic (exact) mass is 545 g/mol. The number of alkyl halides is 3. The third-order valence-electron chi connectivity index (χ3n) is 7.27. The zero-order valence-corrected chi connectivity index (χ0v) is 21.7. The molecule has 2 aromatic carbocycles. The lowest BCUT2D eigenvalue weighted by Gasteiger charge is -2.32. The molecule has 3 heterocycles. The van der Waals surface area contributed by atoms with Crippen LogP contribution >= 0.6 is 11.6 Å². The first-order chi connectivity index (χ1) is 18.0. The predicted molar refractivity (Wildman–Crippen MR) is 139 cm³/mol. The first-order valence-corrected chi connectivity index (χ1v) is 12.7. The largest absolute Gasteiger partial charge is 0.405 e. The second-order valence-corrected chi connectivity index (χ2v) is 10.3. The highest BCUT2D eigenvalue weighted by Crippen LogP contribution is 2.27. The van der Waals surface area contributed by atoms with Crippen molar-refractivity contribution < 1.29 is 22.8 Å². The van der Waals surface area contributed by atoms with E-state index in [0.29, 0.717) is 47.3 Å². The number of nitrogens with zero attached hydrogens (tertiary/aromatic N) is 4. The van der Waals surface area contributed by atoms with Crippen molar-refractivity contribution in [1.82, 2.24) is 24.6 Å². The van der Waals surface area contributed by atoms with E-state index in [1.54, 1.807) is 13.0 Å². The van der Waals surface area contributed by atoms with E-state index in [4.69, 9.17) is 11.6 Å². The number of rotatable bonds is 5. The molecule has 11 heteroatoms. The Morgan fingerprint density at radius 1 is 1.13 bits per heavy atom. The predicted octanol–water partition coefficient (Wildman–Crippen LogP) is 5.33. The summed E-state index contributed by atoms with van der Waals surface area (Å²) < 4.78 is 41.2. The molecule has 0 atom stereocenters. The highest BCUT2D eigenvalue weighted by Gasteiger charge is 2.29. The van der Waals surface area contributed by atoms with Crippen LogP contribution in [0.15, 0.2) is 42.6 Å². The van der Waals surface area contributed by atoms with Crippen molar-refractivity contribution in [3.63, 3.8) is 0 Å². The SMILES string of the molecule is Cc1c(C(=O)NCC(F)(F)F)ccc2nn(CC3CCN(C(=O)c4cc5cc(Cl)ccc5n4C)CC3)cc12. The Kier molecular flexibility index (Phi) is 6.85. The van der Waals surface area contributed by atoms with Gasteiger partial charge in [0, 0.05) is 59.8 Å². The molecule has 1 fully saturated rings. The Bertz CT molecular complexity index is 1530. The van der Waals surface area contributed by atoms with E-state index >= 15 is 0 Å². The number of fused-ring (bicyclic) bond motifs is 2. The smallest absolute Gasteiger partial charge is 0.343 e. The number of benzene rings is 2. The van der Waals surface area contributed by atoms with Crippen LogP contribution < -0.4 is 5.32 Å². The van der Waals surface area contributed by atoms with Gasteiger partial charge in [-0.25, -0.2) is 0 Å². The summed E-state index contributed by atoms with van der Waals surface area (Å²) >= 11 is 6.11. The van der Waals surface area contributed by atoms with E-state index in [9.17, 15) is 22.8 Å². The van der Waals surface area contributed by atoms with Crippen LogP contribution in [0.5, 0.6) is 0 Å². The van der Waals surface area contributed by atoms with Crippen molar-refractivity contribution in [2.24, 2.45) is 13.0 Å². The summed E-state index contributed by atoms with van der Waals surface area (Å²) in [5.74, 6) is -0.453. The van der Waals surface area contributed by atoms with Crippen molar-refractivity contribution in [3.8, 4) is 0 Å². The van der Waals surface area contributed by atoms with Crippen molar-refractivity contribution in [2.45, 2.75) is 32.5 Å². The molecule has 1 N–H and O–H groups in total. The minimum Gasteiger partial charge on any atom is -0.343 e. The lowest BCUT2D eigenvalue weighted by Crippen LogP contribution is -2.40. The topological polar surface area (TPSA) is 72.2 Å². The molecule has 0 radical (unpaired) electrons. The molecule has 0 unspecified atom stereocenters. The Hall–Kier alpha value is -3.53. The van der Waals surface area contributed by atoms with Crippen molar-refractivity contribution in [2.75, 3.05) is 19.6 Å². The van der Waals surface area contributed by atoms with Crippen molar-refractivity contribution in [1.29, 1.82) is 0 Å². The number of nitrogens with one attached hydrogen (secondary N) is 1. The van der Waals surface area contributed by atoms with Crippen LogP contribution in [-0.2, 0) is 13.6 Å². The molecule has 38 heavy (non-hydrogen) atoms. The second kappa shape index (κ2) is 9.98. The molecule has 1 aliphatic heterocycles. The number of likely N-dealkylation sites (tertiary alicyclic amines) is 1. The van der Waals surface area contributed by atoms with Gasteiger partial charge in [-0.15, -0.1) is 0 Å². The van der Waals surface area contributed by atoms with E-state index in [2.05, 4.69) is 5.10 Å². The summed E-state index contributed by atoms with van der Waals surface area (Å²) in [4.78, 5) is 27.4. The summed E-state index contributed by atoms with van der Waals surface area (Å²) in [6.07, 6.45) is -0.991. The van der Waals surface area contributed by atoms with Crippen LogP contribution in [0.1, 0.15) is 39.3 Å². The maximum absolute atomic E-state index is 13.2. The minimum absolute atomic E-state index is 0.00458. The number of hydrogen-bond acceptors (Lipinski definition) is 3. The molecular weight excluding hydrogens is 519 g/mol. The van der Waals surface area contributed by atoms with Crippen LogP contribution in [0.25, 0.3) is 21.8 Å². The van der Waals surface area contributed by atoms with Crippen LogP contribution in [-0.4, -0.2) is 56.9 Å². The van der Waals surface area contributed by atoms with E-state index in [0.717, 1.165) is 29.1 Å². The molecule has 0 spiro atoms. The van der Waals surface area contributed by atoms with Crippen LogP contribution in [0.4, 0.5) is 13.2 Å². The van der Waals surface area contributed by atoms with Crippen LogP contribution in [0.2, 0.25) is 5.02 Å². The van der Waals surface area contributed by atoms with Gasteiger partial charge in [-0.3, -0.25) is 14.3 Å². The molecule has 1 saturated heterocycles. The summed E-state index contributed by atoms with van der Waals surface area (Å²) in [6.45, 7) is 2.25. The van der Waals surface area contributed by atoms with Crippen LogP contribution in [0.3, 0.4) is 0 Å². The highest BCUT2D eigenvalue weighted by molar-refractivity contribution is 6.31. The fourth-order valence-electron chi connectivity index (χ4n) is 5.17. The standard InChI is InChI=1S/C27H27ClF3N5O2/c1-16-20(25(37)32-15-27(29,30)31)4-5-22-21(16)14-36(33-22)13-17-7-9-35(10-8-17)26(38)24-12-18-11-19(28)3-6-23(18)34(24)2/h3-6,11-12,14,17H,7-10,13,15H2,1-2H3,(H,32,37). The summed E-state index contributed by atoms with van der Waals surface area (Å²) in [6, 6.07) is 10.6. The Balaban J connectivity index is 1.23. The van der Waals surface area contributed by atoms with E-state index in [1.165, 1.54) is 6.07 Å². The number of piperidine rings is 1. The second-order valence-electron chi connectivity index (χ2n) is 9.85. The van der Waals surface area contributed by atoms with Gasteiger partial charge in [0.15, 0.2) is 0 Å². The summed E-state index contributed by atoms with van der Waals surface area (Å²) in [5, 5.41) is 8.82. The molecule has 0 aliphatic carbocycles. The zero-order chi connectivity index (χ0) is 27.2.